The van der Waals surface area contributed by atoms with E-state index in [2.05, 4.69) is 15.3 Å². The monoisotopic (exact) mass is 390 g/mol. The summed E-state index contributed by atoms with van der Waals surface area (Å²) in [6.45, 7) is 2.59. The van der Waals surface area contributed by atoms with Crippen LogP contribution in [0.15, 0.2) is 67.0 Å². The predicted octanol–water partition coefficient (Wildman–Crippen LogP) is 3.67. The van der Waals surface area contributed by atoms with Crippen molar-refractivity contribution in [1.82, 2.24) is 14.9 Å². The van der Waals surface area contributed by atoms with E-state index in [0.29, 0.717) is 24.5 Å². The van der Waals surface area contributed by atoms with Crippen molar-refractivity contribution >= 4 is 23.4 Å². The Morgan fingerprint density at radius 3 is 2.34 bits per heavy atom. The van der Waals surface area contributed by atoms with E-state index in [1.807, 2.05) is 30.3 Å². The Morgan fingerprint density at radius 2 is 1.72 bits per heavy atom. The number of rotatable bonds is 7. The summed E-state index contributed by atoms with van der Waals surface area (Å²) >= 11 is 0. The number of nitrogens with one attached hydrogen (secondary N) is 1. The van der Waals surface area contributed by atoms with Gasteiger partial charge in [0.1, 0.15) is 11.5 Å². The van der Waals surface area contributed by atoms with Gasteiger partial charge in [0.25, 0.3) is 5.91 Å². The highest BCUT2D eigenvalue weighted by molar-refractivity contribution is 5.92. The van der Waals surface area contributed by atoms with Crippen molar-refractivity contribution in [3.8, 4) is 0 Å². The van der Waals surface area contributed by atoms with Gasteiger partial charge in [0.2, 0.25) is 0 Å². The second-order valence-electron chi connectivity index (χ2n) is 6.36. The predicted molar refractivity (Wildman–Crippen MR) is 110 cm³/mol. The quantitative estimate of drug-likeness (QED) is 0.620. The Morgan fingerprint density at radius 1 is 1.00 bits per heavy atom. The molecule has 1 heterocycles. The van der Waals surface area contributed by atoms with Crippen molar-refractivity contribution in [2.24, 2.45) is 0 Å². The van der Waals surface area contributed by atoms with Crippen molar-refractivity contribution in [1.29, 1.82) is 0 Å². The summed E-state index contributed by atoms with van der Waals surface area (Å²) in [4.78, 5) is 34.3. The number of carbonyl (C=O) groups excluding carboxylic acids is 2. The van der Waals surface area contributed by atoms with Gasteiger partial charge in [-0.05, 0) is 36.8 Å². The van der Waals surface area contributed by atoms with Gasteiger partial charge in [-0.2, -0.15) is 0 Å². The zero-order valence-corrected chi connectivity index (χ0v) is 16.3. The smallest absolute Gasteiger partial charge is 0.338 e. The SMILES string of the molecule is CCOC(=O)c1ccc(Nc2cnc(C(=O)N(C)Cc3ccccc3)cn2)cc1. The molecule has 3 aromatic rings. The number of amides is 1. The van der Waals surface area contributed by atoms with Crippen LogP contribution in [0, 0.1) is 0 Å². The summed E-state index contributed by atoms with van der Waals surface area (Å²) < 4.78 is 4.96. The topological polar surface area (TPSA) is 84.4 Å². The third kappa shape index (κ3) is 5.38. The lowest BCUT2D eigenvalue weighted by Gasteiger charge is -2.16. The number of aromatic nitrogens is 2. The maximum absolute atomic E-state index is 12.5. The minimum Gasteiger partial charge on any atom is -0.462 e. The number of benzene rings is 2. The van der Waals surface area contributed by atoms with Gasteiger partial charge in [0.15, 0.2) is 0 Å². The summed E-state index contributed by atoms with van der Waals surface area (Å²) in [5, 5.41) is 3.09. The van der Waals surface area contributed by atoms with Crippen LogP contribution in [0.2, 0.25) is 0 Å². The molecule has 1 aromatic heterocycles. The molecule has 0 atom stereocenters. The largest absolute Gasteiger partial charge is 0.462 e. The molecule has 0 unspecified atom stereocenters. The molecule has 0 aliphatic rings. The van der Waals surface area contributed by atoms with Crippen molar-refractivity contribution in [2.75, 3.05) is 19.0 Å². The van der Waals surface area contributed by atoms with Gasteiger partial charge in [-0.3, -0.25) is 4.79 Å². The van der Waals surface area contributed by atoms with E-state index in [1.165, 1.54) is 12.4 Å². The fraction of sp³-hybridized carbons (Fsp3) is 0.182. The third-order valence-electron chi connectivity index (χ3n) is 4.15. The van der Waals surface area contributed by atoms with E-state index in [4.69, 9.17) is 4.74 Å². The lowest BCUT2D eigenvalue weighted by molar-refractivity contribution is 0.0526. The molecule has 0 saturated heterocycles. The Labute approximate surface area is 169 Å². The van der Waals surface area contributed by atoms with Crippen LogP contribution in [0.25, 0.3) is 0 Å². The zero-order valence-electron chi connectivity index (χ0n) is 16.3. The fourth-order valence-corrected chi connectivity index (χ4v) is 2.68. The van der Waals surface area contributed by atoms with Crippen LogP contribution in [0.3, 0.4) is 0 Å². The lowest BCUT2D eigenvalue weighted by Crippen LogP contribution is -2.27. The van der Waals surface area contributed by atoms with Gasteiger partial charge >= 0.3 is 5.97 Å². The van der Waals surface area contributed by atoms with Gasteiger partial charge < -0.3 is 15.0 Å². The summed E-state index contributed by atoms with van der Waals surface area (Å²) in [7, 11) is 1.73. The molecule has 0 radical (unpaired) electrons. The highest BCUT2D eigenvalue weighted by Gasteiger charge is 2.14. The summed E-state index contributed by atoms with van der Waals surface area (Å²) in [6.07, 6.45) is 2.95. The second-order valence-corrected chi connectivity index (χ2v) is 6.36. The van der Waals surface area contributed by atoms with E-state index in [0.717, 1.165) is 11.3 Å². The minimum atomic E-state index is -0.360. The Bertz CT molecular complexity index is 958. The maximum atomic E-state index is 12.5. The van der Waals surface area contributed by atoms with Crippen LogP contribution >= 0.6 is 0 Å². The van der Waals surface area contributed by atoms with Crippen LogP contribution in [0.1, 0.15) is 33.3 Å². The zero-order chi connectivity index (χ0) is 20.6. The molecule has 0 spiro atoms. The van der Waals surface area contributed by atoms with Crippen LogP contribution in [0.5, 0.6) is 0 Å². The number of anilines is 2. The van der Waals surface area contributed by atoms with Crippen molar-refractivity contribution in [3.05, 3.63) is 83.8 Å². The summed E-state index contributed by atoms with van der Waals surface area (Å²) in [6, 6.07) is 16.6. The third-order valence-corrected chi connectivity index (χ3v) is 4.15. The average Bonchev–Trinajstić information content (AvgIpc) is 2.75. The molecule has 0 fully saturated rings. The first-order valence-electron chi connectivity index (χ1n) is 9.22. The molecule has 148 valence electrons. The molecule has 29 heavy (non-hydrogen) atoms. The van der Waals surface area contributed by atoms with E-state index in [-0.39, 0.29) is 17.6 Å². The van der Waals surface area contributed by atoms with Gasteiger partial charge in [-0.25, -0.2) is 14.8 Å². The molecule has 2 aromatic carbocycles. The van der Waals surface area contributed by atoms with E-state index >= 15 is 0 Å². The van der Waals surface area contributed by atoms with Crippen LogP contribution in [-0.4, -0.2) is 40.4 Å². The number of carbonyl (C=O) groups is 2. The van der Waals surface area contributed by atoms with Gasteiger partial charge in [0, 0.05) is 19.3 Å². The summed E-state index contributed by atoms with van der Waals surface area (Å²) in [5.74, 6) is -0.0656. The molecule has 3 rings (SSSR count). The van der Waals surface area contributed by atoms with Crippen molar-refractivity contribution in [2.45, 2.75) is 13.5 Å². The number of hydrogen-bond acceptors (Lipinski definition) is 6. The highest BCUT2D eigenvalue weighted by Crippen LogP contribution is 2.16. The van der Waals surface area contributed by atoms with E-state index < -0.39 is 0 Å². The first-order valence-corrected chi connectivity index (χ1v) is 9.22. The molecule has 7 nitrogen and oxygen atoms in total. The van der Waals surface area contributed by atoms with Crippen LogP contribution < -0.4 is 5.32 Å². The Hall–Kier alpha value is -3.74. The van der Waals surface area contributed by atoms with Crippen LogP contribution in [-0.2, 0) is 11.3 Å². The van der Waals surface area contributed by atoms with Gasteiger partial charge in [-0.15, -0.1) is 0 Å². The number of nitrogens with zero attached hydrogens (tertiary/aromatic N) is 3. The van der Waals surface area contributed by atoms with Crippen molar-refractivity contribution in [3.63, 3.8) is 0 Å². The molecule has 0 aliphatic carbocycles. The summed E-state index contributed by atoms with van der Waals surface area (Å²) in [5.41, 5.74) is 2.53. The number of esters is 1. The normalized spacial score (nSPS) is 10.3. The highest BCUT2D eigenvalue weighted by atomic mass is 16.5. The molecular weight excluding hydrogens is 368 g/mol. The van der Waals surface area contributed by atoms with Crippen LogP contribution in [0.4, 0.5) is 11.5 Å². The minimum absolute atomic E-state index is 0.202. The number of ether oxygens (including phenoxy) is 1. The first kappa shape index (κ1) is 20.0. The first-order chi connectivity index (χ1) is 14.1. The molecule has 0 saturated carbocycles. The van der Waals surface area contributed by atoms with Gasteiger partial charge in [-0.1, -0.05) is 30.3 Å². The molecule has 0 aliphatic heterocycles. The van der Waals surface area contributed by atoms with Crippen molar-refractivity contribution < 1.29 is 14.3 Å². The standard InChI is InChI=1S/C22H22N4O3/c1-3-29-22(28)17-9-11-18(12-10-17)25-20-14-23-19(13-24-20)21(27)26(2)15-16-7-5-4-6-8-16/h4-14H,3,15H2,1-2H3,(H,24,25). The second kappa shape index (κ2) is 9.45. The molecular formula is C22H22N4O3. The molecule has 1 N–H and O–H groups in total. The Balaban J connectivity index is 1.61. The fourth-order valence-electron chi connectivity index (χ4n) is 2.68. The van der Waals surface area contributed by atoms with Gasteiger partial charge in [0.05, 0.1) is 24.6 Å². The van der Waals surface area contributed by atoms with E-state index in [9.17, 15) is 9.59 Å². The van der Waals surface area contributed by atoms with E-state index in [1.54, 1.807) is 43.1 Å². The maximum Gasteiger partial charge on any atom is 0.338 e. The lowest BCUT2D eigenvalue weighted by atomic mass is 10.2. The Kier molecular flexibility index (Phi) is 6.52. The molecule has 7 heteroatoms. The number of hydrogen-bond donors (Lipinski definition) is 1. The molecule has 1 amide bonds. The molecule has 0 bridgehead atoms. The average molecular weight is 390 g/mol.